The third kappa shape index (κ3) is 3.47. The smallest absolute Gasteiger partial charge is 0.321 e. The van der Waals surface area contributed by atoms with Gasteiger partial charge >= 0.3 is 6.03 Å². The van der Waals surface area contributed by atoms with E-state index in [9.17, 15) is 9.90 Å². The summed E-state index contributed by atoms with van der Waals surface area (Å²) in [6.07, 6.45) is 3.94. The molecule has 0 bridgehead atoms. The van der Waals surface area contributed by atoms with Gasteiger partial charge in [0.15, 0.2) is 0 Å². The second-order valence-electron chi connectivity index (χ2n) is 4.63. The fourth-order valence-corrected chi connectivity index (χ4v) is 2.17. The summed E-state index contributed by atoms with van der Waals surface area (Å²) in [5.41, 5.74) is 1.81. The maximum Gasteiger partial charge on any atom is 0.321 e. The molecule has 1 fully saturated rings. The first-order valence-electron chi connectivity index (χ1n) is 6.52. The first-order valence-corrected chi connectivity index (χ1v) is 6.52. The van der Waals surface area contributed by atoms with Crippen molar-refractivity contribution in [2.45, 2.75) is 25.7 Å². The van der Waals surface area contributed by atoms with Crippen LogP contribution in [0.4, 0.5) is 10.5 Å². The van der Waals surface area contributed by atoms with Crippen LogP contribution in [0.25, 0.3) is 0 Å². The lowest BCUT2D eigenvalue weighted by Crippen LogP contribution is -2.38. The Morgan fingerprint density at radius 3 is 2.39 bits per heavy atom. The highest BCUT2D eigenvalue weighted by molar-refractivity contribution is 5.89. The minimum atomic E-state index is -0.0977. The Balaban J connectivity index is 1.89. The number of hydrogen-bond donors (Lipinski definition) is 1. The number of piperidine rings is 1. The Bertz CT molecular complexity index is 383. The summed E-state index contributed by atoms with van der Waals surface area (Å²) >= 11 is 0. The van der Waals surface area contributed by atoms with Gasteiger partial charge in [-0.15, -0.1) is 0 Å². The van der Waals surface area contributed by atoms with E-state index in [4.69, 9.17) is 0 Å². The van der Waals surface area contributed by atoms with Crippen LogP contribution in [0.5, 0.6) is 0 Å². The lowest BCUT2D eigenvalue weighted by atomic mass is 10.1. The summed E-state index contributed by atoms with van der Waals surface area (Å²) in [5, 5.41) is 13.4. The van der Waals surface area contributed by atoms with E-state index in [2.05, 4.69) is 5.32 Å². The van der Waals surface area contributed by atoms with Crippen molar-refractivity contribution < 1.29 is 9.90 Å². The molecule has 0 aliphatic carbocycles. The van der Waals surface area contributed by atoms with Crippen LogP contribution in [0.2, 0.25) is 0 Å². The highest BCUT2D eigenvalue weighted by Crippen LogP contribution is 2.13. The molecule has 18 heavy (non-hydrogen) atoms. The van der Waals surface area contributed by atoms with Crippen LogP contribution in [-0.2, 0) is 11.5 Å². The van der Waals surface area contributed by atoms with E-state index < -0.39 is 0 Å². The number of anilines is 1. The number of benzene rings is 1. The number of amides is 2. The lowest BCUT2D eigenvalue weighted by molar-refractivity contribution is 0.197. The third-order valence-corrected chi connectivity index (χ3v) is 3.24. The monoisotopic (exact) mass is 247 g/mol. The van der Waals surface area contributed by atoms with Crippen LogP contribution in [0.15, 0.2) is 24.3 Å². The van der Waals surface area contributed by atoms with E-state index in [1.807, 2.05) is 29.2 Å². The highest BCUT2D eigenvalue weighted by Gasteiger charge is 2.15. The quantitative estimate of drug-likeness (QED) is 0.877. The average molecular weight is 247 g/mol. The molecule has 4 nitrogen and oxygen atoms in total. The van der Waals surface area contributed by atoms with Gasteiger partial charge in [0.05, 0.1) is 6.61 Å². The van der Waals surface area contributed by atoms with Crippen molar-refractivity contribution in [1.29, 1.82) is 0 Å². The van der Waals surface area contributed by atoms with Crippen molar-refractivity contribution in [3.8, 4) is 0 Å². The second-order valence-corrected chi connectivity index (χ2v) is 4.63. The van der Waals surface area contributed by atoms with Crippen LogP contribution < -0.4 is 5.32 Å². The van der Waals surface area contributed by atoms with Gasteiger partial charge in [0.1, 0.15) is 0 Å². The van der Waals surface area contributed by atoms with Gasteiger partial charge in [0, 0.05) is 18.8 Å². The van der Waals surface area contributed by atoms with Crippen molar-refractivity contribution in [2.24, 2.45) is 0 Å². The number of hydrogen-bond acceptors (Lipinski definition) is 1. The molecule has 1 aromatic rings. The van der Waals surface area contributed by atoms with Crippen LogP contribution in [0, 0.1) is 0 Å². The van der Waals surface area contributed by atoms with E-state index in [0.717, 1.165) is 37.2 Å². The molecule has 1 aromatic carbocycles. The largest absolute Gasteiger partial charge is 0.325 e. The molecule has 0 spiro atoms. The van der Waals surface area contributed by atoms with Crippen molar-refractivity contribution in [1.82, 2.24) is 4.90 Å². The van der Waals surface area contributed by atoms with Crippen molar-refractivity contribution >= 4 is 11.7 Å². The molecule has 97 valence electrons. The summed E-state index contributed by atoms with van der Waals surface area (Å²) in [5.74, 6) is 0. The fraction of sp³-hybridized carbons (Fsp3) is 0.500. The number of nitrogens with one attached hydrogen (secondary N) is 1. The normalized spacial score (nSPS) is 15.5. The van der Waals surface area contributed by atoms with Crippen LogP contribution in [0.3, 0.4) is 0 Å². The van der Waals surface area contributed by atoms with Gasteiger partial charge < -0.3 is 10.2 Å². The Hall–Kier alpha value is -1.55. The molecule has 0 aromatic heterocycles. The van der Waals surface area contributed by atoms with Crippen LogP contribution in [0.1, 0.15) is 24.8 Å². The molecular weight excluding hydrogens is 228 g/mol. The Labute approximate surface area is 108 Å². The minimum Gasteiger partial charge on any atom is -0.325 e. The van der Waals surface area contributed by atoms with E-state index in [1.54, 1.807) is 0 Å². The first kappa shape index (κ1) is 12.9. The van der Waals surface area contributed by atoms with E-state index >= 15 is 0 Å². The molecule has 2 amide bonds. The second kappa shape index (κ2) is 6.40. The summed E-state index contributed by atoms with van der Waals surface area (Å²) in [4.78, 5) is 13.8. The maximum absolute atomic E-state index is 11.9. The van der Waals surface area contributed by atoms with Crippen molar-refractivity contribution in [3.05, 3.63) is 29.8 Å². The molecular formula is C14H19N2O2. The van der Waals surface area contributed by atoms with Gasteiger partial charge in [0.25, 0.3) is 0 Å². The molecule has 0 unspecified atom stereocenters. The van der Waals surface area contributed by atoms with Crippen molar-refractivity contribution in [3.63, 3.8) is 0 Å². The molecule has 2 rings (SSSR count). The standard InChI is InChI=1S/C14H19N2O2/c17-11-8-12-4-6-13(7-5-12)15-14(18)16-9-2-1-3-10-16/h4-7H,1-3,8-11H2,(H,15,18). The summed E-state index contributed by atoms with van der Waals surface area (Å²) < 4.78 is 0. The molecule has 1 saturated heterocycles. The van der Waals surface area contributed by atoms with E-state index in [0.29, 0.717) is 6.42 Å². The summed E-state index contributed by atoms with van der Waals surface area (Å²) in [6.45, 7) is 1.60. The van der Waals surface area contributed by atoms with Gasteiger partial charge in [-0.3, -0.25) is 0 Å². The number of carbonyl (C=O) groups is 1. The third-order valence-electron chi connectivity index (χ3n) is 3.24. The van der Waals surface area contributed by atoms with Gasteiger partial charge in [-0.05, 0) is 43.4 Å². The first-order chi connectivity index (χ1) is 8.79. The molecule has 1 aliphatic rings. The van der Waals surface area contributed by atoms with Crippen LogP contribution in [-0.4, -0.2) is 30.6 Å². The van der Waals surface area contributed by atoms with Gasteiger partial charge in [0.2, 0.25) is 0 Å². The number of rotatable bonds is 3. The number of nitrogens with zero attached hydrogens (tertiary/aromatic N) is 1. The number of carbonyl (C=O) groups excluding carboxylic acids is 1. The highest BCUT2D eigenvalue weighted by atomic mass is 16.3. The molecule has 0 saturated carbocycles. The zero-order valence-corrected chi connectivity index (χ0v) is 10.5. The predicted octanol–water partition coefficient (Wildman–Crippen LogP) is 2.68. The molecule has 1 N–H and O–H groups in total. The Morgan fingerprint density at radius 2 is 1.78 bits per heavy atom. The fourth-order valence-electron chi connectivity index (χ4n) is 2.17. The predicted molar refractivity (Wildman–Crippen MR) is 70.1 cm³/mol. The van der Waals surface area contributed by atoms with E-state index in [1.165, 1.54) is 6.42 Å². The molecule has 1 heterocycles. The average Bonchev–Trinajstić information content (AvgIpc) is 2.42. The zero-order valence-electron chi connectivity index (χ0n) is 10.5. The lowest BCUT2D eigenvalue weighted by Gasteiger charge is -2.26. The molecule has 4 heteroatoms. The Morgan fingerprint density at radius 1 is 1.11 bits per heavy atom. The summed E-state index contributed by atoms with van der Waals surface area (Å²) in [6, 6.07) is 7.47. The zero-order chi connectivity index (χ0) is 12.8. The molecule has 1 radical (unpaired) electrons. The minimum absolute atomic E-state index is 0.0220. The van der Waals surface area contributed by atoms with Gasteiger partial charge in [-0.2, -0.15) is 0 Å². The van der Waals surface area contributed by atoms with E-state index in [-0.39, 0.29) is 12.6 Å². The molecule has 0 atom stereocenters. The van der Waals surface area contributed by atoms with Gasteiger partial charge in [-0.1, -0.05) is 12.1 Å². The number of urea groups is 1. The molecule has 1 aliphatic heterocycles. The van der Waals surface area contributed by atoms with Crippen LogP contribution >= 0.6 is 0 Å². The van der Waals surface area contributed by atoms with Gasteiger partial charge in [-0.25, -0.2) is 9.90 Å². The summed E-state index contributed by atoms with van der Waals surface area (Å²) in [7, 11) is 0. The maximum atomic E-state index is 11.9. The topological polar surface area (TPSA) is 52.2 Å². The SMILES string of the molecule is [O]CCc1ccc(NC(=O)N2CCCCC2)cc1. The number of likely N-dealkylation sites (tertiary alicyclic amines) is 1. The Kier molecular flexibility index (Phi) is 4.59. The van der Waals surface area contributed by atoms with Crippen molar-refractivity contribution in [2.75, 3.05) is 25.0 Å².